The molecule has 1 rings (SSSR count). The molecule has 1 aromatic rings. The van der Waals surface area contributed by atoms with Gasteiger partial charge in [-0.25, -0.2) is 13.6 Å². The quantitative estimate of drug-likeness (QED) is 0.858. The summed E-state index contributed by atoms with van der Waals surface area (Å²) in [5.41, 5.74) is -0.789. The summed E-state index contributed by atoms with van der Waals surface area (Å²) in [6.07, 6.45) is 0.167. The van der Waals surface area contributed by atoms with Gasteiger partial charge in [0.2, 0.25) is 0 Å². The van der Waals surface area contributed by atoms with Crippen molar-refractivity contribution >= 4 is 27.8 Å². The van der Waals surface area contributed by atoms with Crippen LogP contribution in [-0.4, -0.2) is 23.0 Å². The summed E-state index contributed by atoms with van der Waals surface area (Å²) in [6, 6.07) is 0.692. The molecule has 0 aliphatic heterocycles. The van der Waals surface area contributed by atoms with Crippen molar-refractivity contribution < 1.29 is 23.5 Å². The molecule has 4 nitrogen and oxygen atoms in total. The lowest BCUT2D eigenvalue weighted by molar-refractivity contribution is -0.139. The number of carbonyl (C=O) groups excluding carboxylic acids is 1. The highest BCUT2D eigenvalue weighted by molar-refractivity contribution is 9.10. The molecule has 2 N–H and O–H groups in total. The molecule has 0 aliphatic carbocycles. The van der Waals surface area contributed by atoms with Gasteiger partial charge in [0.25, 0.3) is 5.91 Å². The van der Waals surface area contributed by atoms with Gasteiger partial charge in [0.1, 0.15) is 23.2 Å². The number of halogens is 3. The number of benzene rings is 1. The van der Waals surface area contributed by atoms with E-state index in [1.165, 1.54) is 0 Å². The summed E-state index contributed by atoms with van der Waals surface area (Å²) in [5.74, 6) is -4.42. The number of carbonyl (C=O) groups is 2. The Balaban J connectivity index is 2.98. The minimum atomic E-state index is -1.25. The molecule has 0 unspecified atom stereocenters. The minimum absolute atomic E-state index is 0.0102. The van der Waals surface area contributed by atoms with Crippen molar-refractivity contribution in [1.82, 2.24) is 5.32 Å². The summed E-state index contributed by atoms with van der Waals surface area (Å²) in [7, 11) is 0. The van der Waals surface area contributed by atoms with Crippen LogP contribution in [-0.2, 0) is 4.79 Å². The first kappa shape index (κ1) is 16.6. The van der Waals surface area contributed by atoms with Crippen molar-refractivity contribution in [3.05, 3.63) is 33.8 Å². The van der Waals surface area contributed by atoms with Crippen molar-refractivity contribution in [2.45, 2.75) is 26.3 Å². The Morgan fingerprint density at radius 2 is 1.80 bits per heavy atom. The van der Waals surface area contributed by atoms with Crippen molar-refractivity contribution in [3.63, 3.8) is 0 Å². The Morgan fingerprint density at radius 3 is 2.20 bits per heavy atom. The Labute approximate surface area is 123 Å². The molecule has 7 heteroatoms. The van der Waals surface area contributed by atoms with E-state index in [1.807, 2.05) is 0 Å². The van der Waals surface area contributed by atoms with Gasteiger partial charge in [-0.2, -0.15) is 0 Å². The lowest BCUT2D eigenvalue weighted by Gasteiger charge is -2.17. The van der Waals surface area contributed by atoms with Gasteiger partial charge in [-0.15, -0.1) is 0 Å². The van der Waals surface area contributed by atoms with Crippen LogP contribution in [0.15, 0.2) is 16.6 Å². The van der Waals surface area contributed by atoms with Gasteiger partial charge in [0.05, 0.1) is 0 Å². The average molecular weight is 350 g/mol. The number of nitrogens with one attached hydrogen (secondary N) is 1. The third-order valence-corrected chi connectivity index (χ3v) is 3.00. The van der Waals surface area contributed by atoms with Gasteiger partial charge in [0.15, 0.2) is 0 Å². The molecule has 0 radical (unpaired) electrons. The fourth-order valence-corrected chi connectivity index (χ4v) is 2.08. The standard InChI is InChI=1S/C13H14BrF2NO3/c1-6(2)3-10(13(19)20)17-12(18)11-8(15)4-7(14)5-9(11)16/h4-6,10H,3H2,1-2H3,(H,17,18)(H,19,20)/t10-/m1/s1. The summed E-state index contributed by atoms with van der Waals surface area (Å²) < 4.78 is 27.3. The predicted octanol–water partition coefficient (Wildman–Crippen LogP) is 2.96. The lowest BCUT2D eigenvalue weighted by atomic mass is 10.0. The van der Waals surface area contributed by atoms with E-state index >= 15 is 0 Å². The predicted molar refractivity (Wildman–Crippen MR) is 72.4 cm³/mol. The van der Waals surface area contributed by atoms with E-state index in [9.17, 15) is 18.4 Å². The molecule has 0 saturated carbocycles. The van der Waals surface area contributed by atoms with Crippen LogP contribution in [0.1, 0.15) is 30.6 Å². The molecule has 1 amide bonds. The lowest BCUT2D eigenvalue weighted by Crippen LogP contribution is -2.42. The van der Waals surface area contributed by atoms with E-state index in [0.717, 1.165) is 12.1 Å². The summed E-state index contributed by atoms with van der Waals surface area (Å²) in [5, 5.41) is 11.1. The number of carboxylic acid groups (broad SMARTS) is 1. The summed E-state index contributed by atoms with van der Waals surface area (Å²) in [4.78, 5) is 22.8. The fraction of sp³-hybridized carbons (Fsp3) is 0.385. The molecular weight excluding hydrogens is 336 g/mol. The highest BCUT2D eigenvalue weighted by Crippen LogP contribution is 2.19. The molecular formula is C13H14BrF2NO3. The SMILES string of the molecule is CC(C)C[C@@H](NC(=O)c1c(F)cc(Br)cc1F)C(=O)O. The van der Waals surface area contributed by atoms with E-state index in [2.05, 4.69) is 21.2 Å². The van der Waals surface area contributed by atoms with Gasteiger partial charge in [-0.05, 0) is 24.5 Å². The molecule has 1 atom stereocenters. The van der Waals surface area contributed by atoms with Gasteiger partial charge in [0, 0.05) is 4.47 Å². The highest BCUT2D eigenvalue weighted by atomic mass is 79.9. The average Bonchev–Trinajstić information content (AvgIpc) is 2.25. The molecule has 110 valence electrons. The Kier molecular flexibility index (Phi) is 5.62. The minimum Gasteiger partial charge on any atom is -0.480 e. The maximum Gasteiger partial charge on any atom is 0.326 e. The molecule has 0 aromatic heterocycles. The van der Waals surface area contributed by atoms with E-state index in [-0.39, 0.29) is 16.8 Å². The van der Waals surface area contributed by atoms with Gasteiger partial charge in [-0.3, -0.25) is 4.79 Å². The van der Waals surface area contributed by atoms with Crippen LogP contribution in [0, 0.1) is 17.6 Å². The van der Waals surface area contributed by atoms with Gasteiger partial charge >= 0.3 is 5.97 Å². The van der Waals surface area contributed by atoms with Gasteiger partial charge < -0.3 is 10.4 Å². The normalized spacial score (nSPS) is 12.3. The zero-order valence-corrected chi connectivity index (χ0v) is 12.5. The van der Waals surface area contributed by atoms with Crippen molar-refractivity contribution in [2.75, 3.05) is 0 Å². The van der Waals surface area contributed by atoms with E-state index in [0.29, 0.717) is 0 Å². The van der Waals surface area contributed by atoms with Crippen LogP contribution in [0.4, 0.5) is 8.78 Å². The molecule has 20 heavy (non-hydrogen) atoms. The van der Waals surface area contributed by atoms with Crippen LogP contribution >= 0.6 is 15.9 Å². The maximum absolute atomic E-state index is 13.6. The third kappa shape index (κ3) is 4.26. The Morgan fingerprint density at radius 1 is 1.30 bits per heavy atom. The summed E-state index contributed by atoms with van der Waals surface area (Å²) in [6.45, 7) is 3.56. The zero-order valence-electron chi connectivity index (χ0n) is 10.9. The number of aliphatic carboxylic acids is 1. The number of hydrogen-bond donors (Lipinski definition) is 2. The molecule has 0 heterocycles. The smallest absolute Gasteiger partial charge is 0.326 e. The largest absolute Gasteiger partial charge is 0.480 e. The molecule has 0 bridgehead atoms. The number of carboxylic acids is 1. The van der Waals surface area contributed by atoms with E-state index in [1.54, 1.807) is 13.8 Å². The maximum atomic E-state index is 13.6. The van der Waals surface area contributed by atoms with Crippen LogP contribution in [0.25, 0.3) is 0 Å². The van der Waals surface area contributed by atoms with Crippen LogP contribution in [0.5, 0.6) is 0 Å². The van der Waals surface area contributed by atoms with Crippen molar-refractivity contribution in [3.8, 4) is 0 Å². The molecule has 0 aliphatic rings. The molecule has 0 spiro atoms. The number of hydrogen-bond acceptors (Lipinski definition) is 2. The second-order valence-corrected chi connectivity index (χ2v) is 5.65. The Bertz CT molecular complexity index is 511. The monoisotopic (exact) mass is 349 g/mol. The highest BCUT2D eigenvalue weighted by Gasteiger charge is 2.25. The third-order valence-electron chi connectivity index (χ3n) is 2.54. The first-order valence-corrected chi connectivity index (χ1v) is 6.70. The Hall–Kier alpha value is -1.50. The summed E-state index contributed by atoms with van der Waals surface area (Å²) >= 11 is 2.90. The molecule has 1 aromatic carbocycles. The van der Waals surface area contributed by atoms with E-state index in [4.69, 9.17) is 5.11 Å². The van der Waals surface area contributed by atoms with E-state index < -0.39 is 35.1 Å². The first-order valence-electron chi connectivity index (χ1n) is 5.90. The number of rotatable bonds is 5. The molecule has 0 saturated heterocycles. The second kappa shape index (κ2) is 6.78. The molecule has 0 fully saturated rings. The van der Waals surface area contributed by atoms with Crippen molar-refractivity contribution in [2.24, 2.45) is 5.92 Å². The second-order valence-electron chi connectivity index (χ2n) is 4.74. The first-order chi connectivity index (χ1) is 9.22. The van der Waals surface area contributed by atoms with Crippen LogP contribution in [0.3, 0.4) is 0 Å². The fourth-order valence-electron chi connectivity index (χ4n) is 1.68. The van der Waals surface area contributed by atoms with Crippen molar-refractivity contribution in [1.29, 1.82) is 0 Å². The van der Waals surface area contributed by atoms with Gasteiger partial charge in [-0.1, -0.05) is 29.8 Å². The zero-order chi connectivity index (χ0) is 15.4. The number of amides is 1. The van der Waals surface area contributed by atoms with Crippen LogP contribution < -0.4 is 5.32 Å². The van der Waals surface area contributed by atoms with Crippen LogP contribution in [0.2, 0.25) is 0 Å². The topological polar surface area (TPSA) is 66.4 Å².